The summed E-state index contributed by atoms with van der Waals surface area (Å²) in [6.07, 6.45) is 1.65. The van der Waals surface area contributed by atoms with Gasteiger partial charge in [0, 0.05) is 11.1 Å². The van der Waals surface area contributed by atoms with Crippen LogP contribution in [0.5, 0.6) is 23.0 Å². The Hall–Kier alpha value is -4.90. The first-order valence-electron chi connectivity index (χ1n) is 12.3. The van der Waals surface area contributed by atoms with Crippen LogP contribution in [0.3, 0.4) is 0 Å². The van der Waals surface area contributed by atoms with Crippen LogP contribution in [0.15, 0.2) is 77.9 Å². The Kier molecular flexibility index (Phi) is 7.92. The first-order chi connectivity index (χ1) is 19.5. The van der Waals surface area contributed by atoms with Gasteiger partial charge in [-0.3, -0.25) is 4.68 Å². The second-order valence-electron chi connectivity index (χ2n) is 8.65. The normalized spacial score (nSPS) is 11.1. The van der Waals surface area contributed by atoms with Gasteiger partial charge in [0.05, 0.1) is 46.9 Å². The lowest BCUT2D eigenvalue weighted by Crippen LogP contribution is -2.06. The highest BCUT2D eigenvalue weighted by Gasteiger charge is 2.18. The fourth-order valence-electron chi connectivity index (χ4n) is 4.24. The number of aromatic nitrogens is 5. The van der Waals surface area contributed by atoms with Gasteiger partial charge >= 0.3 is 0 Å². The number of hydrogen-bond donors (Lipinski definition) is 1. The number of benzene rings is 3. The Morgan fingerprint density at radius 1 is 0.875 bits per heavy atom. The van der Waals surface area contributed by atoms with E-state index in [1.165, 1.54) is 0 Å². The molecule has 0 radical (unpaired) electrons. The van der Waals surface area contributed by atoms with Crippen molar-refractivity contribution in [1.82, 2.24) is 24.7 Å². The number of aromatic amines is 1. The number of ether oxygens (including phenoxy) is 4. The van der Waals surface area contributed by atoms with Crippen molar-refractivity contribution < 1.29 is 18.9 Å². The molecular formula is C29H28N6O4S. The second-order valence-corrected chi connectivity index (χ2v) is 9.04. The van der Waals surface area contributed by atoms with Gasteiger partial charge in [0.1, 0.15) is 11.4 Å². The third-order valence-corrected chi connectivity index (χ3v) is 6.49. The van der Waals surface area contributed by atoms with Crippen molar-refractivity contribution >= 4 is 18.4 Å². The highest BCUT2D eigenvalue weighted by atomic mass is 32.1. The van der Waals surface area contributed by atoms with Crippen molar-refractivity contribution in [3.8, 4) is 45.8 Å². The summed E-state index contributed by atoms with van der Waals surface area (Å²) in [6, 6.07) is 23.4. The molecule has 2 heterocycles. The van der Waals surface area contributed by atoms with E-state index in [1.54, 1.807) is 51.5 Å². The van der Waals surface area contributed by atoms with E-state index >= 15 is 0 Å². The standard InChI is InChI=1S/C29H28N6O4S/c1-36-22-12-10-21(11-13-22)23-16-24(34(33-23)18-19-8-6-5-7-9-19)28-31-32-29(40)35(28)30-17-20-14-25(37-2)27(39-4)26(15-20)38-3/h5-17H,18H2,1-4H3,(H,32,40)/b30-17+. The van der Waals surface area contributed by atoms with Crippen molar-refractivity contribution in [3.63, 3.8) is 0 Å². The van der Waals surface area contributed by atoms with Gasteiger partial charge in [-0.25, -0.2) is 5.10 Å². The molecule has 0 spiro atoms. The predicted molar refractivity (Wildman–Crippen MR) is 155 cm³/mol. The monoisotopic (exact) mass is 556 g/mol. The smallest absolute Gasteiger partial charge is 0.216 e. The summed E-state index contributed by atoms with van der Waals surface area (Å²) < 4.78 is 25.5. The number of rotatable bonds is 10. The van der Waals surface area contributed by atoms with Crippen LogP contribution in [0.25, 0.3) is 22.8 Å². The molecule has 1 N–H and O–H groups in total. The molecule has 11 heteroatoms. The van der Waals surface area contributed by atoms with Gasteiger partial charge in [0.25, 0.3) is 0 Å². The van der Waals surface area contributed by atoms with Crippen LogP contribution in [0.2, 0.25) is 0 Å². The molecule has 10 nitrogen and oxygen atoms in total. The fraction of sp³-hybridized carbons (Fsp3) is 0.172. The van der Waals surface area contributed by atoms with Gasteiger partial charge in [0.2, 0.25) is 16.3 Å². The maximum Gasteiger partial charge on any atom is 0.216 e. The van der Waals surface area contributed by atoms with E-state index in [9.17, 15) is 0 Å². The van der Waals surface area contributed by atoms with Gasteiger partial charge in [-0.2, -0.15) is 20.0 Å². The minimum absolute atomic E-state index is 0.331. The fourth-order valence-corrected chi connectivity index (χ4v) is 4.42. The average molecular weight is 557 g/mol. The Morgan fingerprint density at radius 3 is 2.20 bits per heavy atom. The Morgan fingerprint density at radius 2 is 1.57 bits per heavy atom. The van der Waals surface area contributed by atoms with Gasteiger partial charge in [0.15, 0.2) is 11.5 Å². The van der Waals surface area contributed by atoms with Crippen LogP contribution < -0.4 is 18.9 Å². The Balaban J connectivity index is 1.58. The van der Waals surface area contributed by atoms with Crippen LogP contribution in [-0.2, 0) is 6.54 Å². The summed E-state index contributed by atoms with van der Waals surface area (Å²) in [7, 11) is 6.33. The molecule has 2 aromatic heterocycles. The summed E-state index contributed by atoms with van der Waals surface area (Å²) in [5.74, 6) is 2.82. The van der Waals surface area contributed by atoms with E-state index in [-0.39, 0.29) is 0 Å². The van der Waals surface area contributed by atoms with E-state index < -0.39 is 0 Å². The number of methoxy groups -OCH3 is 4. The SMILES string of the molecule is COc1ccc(-c2cc(-c3n[nH]c(=S)n3/N=C/c3cc(OC)c(OC)c(OC)c3)n(Cc3ccccc3)n2)cc1. The number of H-pyrrole nitrogens is 1. The summed E-state index contributed by atoms with van der Waals surface area (Å²) >= 11 is 5.54. The molecule has 0 aliphatic carbocycles. The van der Waals surface area contributed by atoms with E-state index in [0.717, 1.165) is 33.8 Å². The summed E-state index contributed by atoms with van der Waals surface area (Å²) in [4.78, 5) is 0. The van der Waals surface area contributed by atoms with Gasteiger partial charge in [-0.15, -0.1) is 0 Å². The van der Waals surface area contributed by atoms with E-state index in [1.807, 2.05) is 53.2 Å². The predicted octanol–water partition coefficient (Wildman–Crippen LogP) is 5.44. The third-order valence-electron chi connectivity index (χ3n) is 6.23. The maximum atomic E-state index is 5.54. The molecule has 0 saturated carbocycles. The molecule has 0 atom stereocenters. The molecular weight excluding hydrogens is 528 g/mol. The van der Waals surface area contributed by atoms with Crippen LogP contribution in [0, 0.1) is 4.77 Å². The maximum absolute atomic E-state index is 5.54. The minimum Gasteiger partial charge on any atom is -0.497 e. The molecule has 5 aromatic rings. The van der Waals surface area contributed by atoms with Crippen molar-refractivity contribution in [3.05, 3.63) is 88.7 Å². The van der Waals surface area contributed by atoms with Crippen molar-refractivity contribution in [1.29, 1.82) is 0 Å². The molecule has 204 valence electrons. The average Bonchev–Trinajstić information content (AvgIpc) is 3.58. The zero-order valence-electron chi connectivity index (χ0n) is 22.5. The van der Waals surface area contributed by atoms with Crippen molar-refractivity contribution in [2.24, 2.45) is 5.10 Å². The molecule has 5 rings (SSSR count). The highest BCUT2D eigenvalue weighted by Crippen LogP contribution is 2.38. The summed E-state index contributed by atoms with van der Waals surface area (Å²) in [5, 5.41) is 16.9. The van der Waals surface area contributed by atoms with Crippen molar-refractivity contribution in [2.45, 2.75) is 6.54 Å². The number of nitrogens with one attached hydrogen (secondary N) is 1. The van der Waals surface area contributed by atoms with Gasteiger partial charge < -0.3 is 18.9 Å². The van der Waals surface area contributed by atoms with E-state index in [2.05, 4.69) is 27.4 Å². The molecule has 0 saturated heterocycles. The lowest BCUT2D eigenvalue weighted by atomic mass is 10.1. The molecule has 3 aromatic carbocycles. The van der Waals surface area contributed by atoms with Crippen LogP contribution in [0.4, 0.5) is 0 Å². The molecule has 0 amide bonds. The molecule has 0 fully saturated rings. The van der Waals surface area contributed by atoms with Gasteiger partial charge in [-0.05, 0) is 60.2 Å². The lowest BCUT2D eigenvalue weighted by Gasteiger charge is -2.12. The number of hydrogen-bond acceptors (Lipinski definition) is 8. The van der Waals surface area contributed by atoms with Crippen LogP contribution in [-0.4, -0.2) is 59.3 Å². The first kappa shape index (κ1) is 26.7. The highest BCUT2D eigenvalue weighted by molar-refractivity contribution is 7.71. The van der Waals surface area contributed by atoms with Crippen LogP contribution >= 0.6 is 12.2 Å². The summed E-state index contributed by atoms with van der Waals surface area (Å²) in [6.45, 7) is 0.530. The van der Waals surface area contributed by atoms with Crippen molar-refractivity contribution in [2.75, 3.05) is 28.4 Å². The zero-order chi connectivity index (χ0) is 28.1. The third kappa shape index (κ3) is 5.45. The Labute approximate surface area is 236 Å². The molecule has 0 aliphatic heterocycles. The zero-order valence-corrected chi connectivity index (χ0v) is 23.3. The van der Waals surface area contributed by atoms with Crippen LogP contribution in [0.1, 0.15) is 11.1 Å². The second kappa shape index (κ2) is 11.9. The lowest BCUT2D eigenvalue weighted by molar-refractivity contribution is 0.324. The first-order valence-corrected chi connectivity index (χ1v) is 12.7. The van der Waals surface area contributed by atoms with E-state index in [4.69, 9.17) is 36.3 Å². The molecule has 0 unspecified atom stereocenters. The Bertz CT molecular complexity index is 1670. The summed E-state index contributed by atoms with van der Waals surface area (Å²) in [5.41, 5.74) is 4.28. The van der Waals surface area contributed by atoms with Gasteiger partial charge in [-0.1, -0.05) is 30.3 Å². The number of nitrogens with zero attached hydrogens (tertiary/aromatic N) is 5. The minimum atomic E-state index is 0.331. The molecule has 0 aliphatic rings. The molecule has 0 bridgehead atoms. The largest absolute Gasteiger partial charge is 0.497 e. The topological polar surface area (TPSA) is 101 Å². The molecule has 40 heavy (non-hydrogen) atoms. The quantitative estimate of drug-likeness (QED) is 0.181. The van der Waals surface area contributed by atoms with E-state index in [0.29, 0.717) is 34.4 Å².